The summed E-state index contributed by atoms with van der Waals surface area (Å²) in [6.07, 6.45) is 6.42. The molecule has 0 spiro atoms. The van der Waals surface area contributed by atoms with Crippen molar-refractivity contribution in [2.24, 2.45) is 5.92 Å². The fourth-order valence-electron chi connectivity index (χ4n) is 4.91. The molecule has 0 aromatic carbocycles. The molecular formula is C27H32N6O4S. The van der Waals surface area contributed by atoms with Gasteiger partial charge < -0.3 is 14.4 Å². The summed E-state index contributed by atoms with van der Waals surface area (Å²) < 4.78 is 37.0. The minimum absolute atomic E-state index is 0.0668. The summed E-state index contributed by atoms with van der Waals surface area (Å²) in [5, 5.41) is 5.57. The van der Waals surface area contributed by atoms with Gasteiger partial charge in [-0.05, 0) is 39.8 Å². The Hall–Kier alpha value is -3.73. The predicted molar refractivity (Wildman–Crippen MR) is 147 cm³/mol. The number of fused-ring (bicyclic) bond motifs is 1. The number of nitrogens with zero attached hydrogens (tertiary/aromatic N) is 6. The van der Waals surface area contributed by atoms with Gasteiger partial charge in [0.2, 0.25) is 5.88 Å². The number of sulfone groups is 1. The van der Waals surface area contributed by atoms with Crippen LogP contribution < -0.4 is 14.4 Å². The van der Waals surface area contributed by atoms with Crippen LogP contribution in [0.4, 0.5) is 5.69 Å². The van der Waals surface area contributed by atoms with Crippen LogP contribution in [-0.2, 0) is 9.84 Å². The first-order valence-electron chi connectivity index (χ1n) is 12.5. The van der Waals surface area contributed by atoms with Gasteiger partial charge in [0.15, 0.2) is 5.82 Å². The van der Waals surface area contributed by atoms with Gasteiger partial charge in [-0.2, -0.15) is 10.1 Å². The molecule has 0 bridgehead atoms. The fourth-order valence-corrected chi connectivity index (χ4v) is 6.08. The zero-order valence-electron chi connectivity index (χ0n) is 22.4. The number of anilines is 1. The van der Waals surface area contributed by atoms with Crippen LogP contribution in [0.15, 0.2) is 42.9 Å². The van der Waals surface area contributed by atoms with Gasteiger partial charge in [0.25, 0.3) is 0 Å². The lowest BCUT2D eigenvalue weighted by atomic mass is 9.91. The van der Waals surface area contributed by atoms with E-state index in [0.717, 1.165) is 33.5 Å². The second-order valence-corrected chi connectivity index (χ2v) is 12.3. The van der Waals surface area contributed by atoms with E-state index in [1.54, 1.807) is 36.4 Å². The number of ether oxygens (including phenoxy) is 2. The molecule has 4 aromatic rings. The molecule has 5 heterocycles. The van der Waals surface area contributed by atoms with Gasteiger partial charge in [-0.3, -0.25) is 9.97 Å². The van der Waals surface area contributed by atoms with Crippen molar-refractivity contribution in [1.82, 2.24) is 24.7 Å². The molecule has 0 radical (unpaired) electrons. The summed E-state index contributed by atoms with van der Waals surface area (Å²) in [7, 11) is -1.43. The van der Waals surface area contributed by atoms with Gasteiger partial charge in [-0.1, -0.05) is 0 Å². The van der Waals surface area contributed by atoms with Gasteiger partial charge in [-0.15, -0.1) is 0 Å². The first kappa shape index (κ1) is 25.9. The van der Waals surface area contributed by atoms with E-state index in [2.05, 4.69) is 15.0 Å². The smallest absolute Gasteiger partial charge is 0.217 e. The van der Waals surface area contributed by atoms with Crippen LogP contribution in [0.25, 0.3) is 28.0 Å². The molecule has 5 rings (SSSR count). The number of hydrogen-bond donors (Lipinski definition) is 0. The Morgan fingerprint density at radius 3 is 2.63 bits per heavy atom. The minimum Gasteiger partial charge on any atom is -0.496 e. The molecule has 200 valence electrons. The minimum atomic E-state index is -3.05. The van der Waals surface area contributed by atoms with Crippen molar-refractivity contribution in [3.05, 3.63) is 48.5 Å². The van der Waals surface area contributed by atoms with Crippen LogP contribution in [0.1, 0.15) is 26.5 Å². The van der Waals surface area contributed by atoms with Gasteiger partial charge in [-0.25, -0.2) is 13.1 Å². The lowest BCUT2D eigenvalue weighted by Gasteiger charge is -2.48. The van der Waals surface area contributed by atoms with E-state index in [0.29, 0.717) is 24.0 Å². The summed E-state index contributed by atoms with van der Waals surface area (Å²) in [5.74, 6) is 2.01. The first-order valence-corrected chi connectivity index (χ1v) is 14.6. The van der Waals surface area contributed by atoms with Crippen molar-refractivity contribution in [3.8, 4) is 28.7 Å². The van der Waals surface area contributed by atoms with Crippen LogP contribution in [-0.4, -0.2) is 71.0 Å². The summed E-state index contributed by atoms with van der Waals surface area (Å²) in [6, 6.07) is 7.70. The third-order valence-electron chi connectivity index (χ3n) is 6.83. The highest BCUT2D eigenvalue weighted by Crippen LogP contribution is 2.36. The molecular weight excluding hydrogens is 504 g/mol. The van der Waals surface area contributed by atoms with E-state index in [1.165, 1.54) is 6.26 Å². The Balaban J connectivity index is 1.59. The Bertz CT molecular complexity index is 1600. The van der Waals surface area contributed by atoms with E-state index in [9.17, 15) is 8.42 Å². The molecule has 1 fully saturated rings. The van der Waals surface area contributed by atoms with Crippen molar-refractivity contribution in [1.29, 1.82) is 0 Å². The lowest BCUT2D eigenvalue weighted by Crippen LogP contribution is -2.57. The summed E-state index contributed by atoms with van der Waals surface area (Å²) >= 11 is 0. The maximum atomic E-state index is 11.9. The quantitative estimate of drug-likeness (QED) is 0.331. The Labute approximate surface area is 222 Å². The lowest BCUT2D eigenvalue weighted by molar-refractivity contribution is 0.232. The number of rotatable bonds is 8. The number of hydrogen-bond acceptors (Lipinski definition) is 9. The zero-order chi connectivity index (χ0) is 27.2. The maximum Gasteiger partial charge on any atom is 0.217 e. The Kier molecular flexibility index (Phi) is 6.72. The van der Waals surface area contributed by atoms with E-state index in [4.69, 9.17) is 19.4 Å². The van der Waals surface area contributed by atoms with Crippen LogP contribution >= 0.6 is 0 Å². The topological polar surface area (TPSA) is 112 Å². The maximum absolute atomic E-state index is 11.9. The first-order chi connectivity index (χ1) is 18.0. The largest absolute Gasteiger partial charge is 0.496 e. The number of aryl methyl sites for hydroxylation is 1. The molecule has 1 aliphatic heterocycles. The Morgan fingerprint density at radius 2 is 1.95 bits per heavy atom. The van der Waals surface area contributed by atoms with Crippen LogP contribution in [0, 0.1) is 12.8 Å². The summed E-state index contributed by atoms with van der Waals surface area (Å²) in [6.45, 7) is 8.55. The molecule has 38 heavy (non-hydrogen) atoms. The van der Waals surface area contributed by atoms with Gasteiger partial charge in [0.1, 0.15) is 15.6 Å². The zero-order valence-corrected chi connectivity index (χ0v) is 23.2. The highest BCUT2D eigenvalue weighted by Gasteiger charge is 2.38. The molecule has 0 aliphatic carbocycles. The average molecular weight is 537 g/mol. The number of methoxy groups -OCH3 is 1. The monoisotopic (exact) mass is 536 g/mol. The van der Waals surface area contributed by atoms with Crippen LogP contribution in [0.5, 0.6) is 11.6 Å². The van der Waals surface area contributed by atoms with E-state index in [-0.39, 0.29) is 23.8 Å². The Morgan fingerprint density at radius 1 is 1.16 bits per heavy atom. The molecule has 4 aromatic heterocycles. The second kappa shape index (κ2) is 9.86. The van der Waals surface area contributed by atoms with Crippen LogP contribution in [0.3, 0.4) is 0 Å². The van der Waals surface area contributed by atoms with E-state index in [1.807, 2.05) is 45.9 Å². The van der Waals surface area contributed by atoms with Gasteiger partial charge in [0, 0.05) is 66.1 Å². The molecule has 0 N–H and O–H groups in total. The third-order valence-corrected chi connectivity index (χ3v) is 7.87. The molecule has 1 aliphatic rings. The average Bonchev–Trinajstić information content (AvgIpc) is 3.29. The fraction of sp³-hybridized carbons (Fsp3) is 0.407. The van der Waals surface area contributed by atoms with Crippen molar-refractivity contribution >= 4 is 26.4 Å². The summed E-state index contributed by atoms with van der Waals surface area (Å²) in [5.41, 5.74) is 4.07. The molecule has 2 atom stereocenters. The van der Waals surface area contributed by atoms with Crippen molar-refractivity contribution in [2.75, 3.05) is 30.6 Å². The van der Waals surface area contributed by atoms with E-state index >= 15 is 0 Å². The van der Waals surface area contributed by atoms with Crippen molar-refractivity contribution in [2.45, 2.75) is 39.8 Å². The molecule has 11 heteroatoms. The normalized spacial score (nSPS) is 17.6. The van der Waals surface area contributed by atoms with Crippen molar-refractivity contribution in [3.63, 3.8) is 0 Å². The highest BCUT2D eigenvalue weighted by molar-refractivity contribution is 7.90. The van der Waals surface area contributed by atoms with Crippen LogP contribution in [0.2, 0.25) is 0 Å². The molecule has 0 saturated carbocycles. The molecule has 0 unspecified atom stereocenters. The molecule has 0 amide bonds. The SMILES string of the molecule is COc1ccncc1-c1cc2c(cnn2-c2cc(N3C[C@H](CS(C)(=O)=O)[C@H]3C)cc(OC(C)C)n2)c(C)n1. The van der Waals surface area contributed by atoms with Gasteiger partial charge >= 0.3 is 0 Å². The number of aromatic nitrogens is 5. The highest BCUT2D eigenvalue weighted by atomic mass is 32.2. The molecule has 1 saturated heterocycles. The summed E-state index contributed by atoms with van der Waals surface area (Å²) in [4.78, 5) is 16.0. The van der Waals surface area contributed by atoms with E-state index < -0.39 is 9.84 Å². The van der Waals surface area contributed by atoms with Gasteiger partial charge in [0.05, 0.1) is 41.9 Å². The van der Waals surface area contributed by atoms with Crippen molar-refractivity contribution < 1.29 is 17.9 Å². The standard InChI is InChI=1S/C27H32N6O4S/c1-16(2)37-27-10-20(32-14-19(18(32)4)15-38(6,34)35)9-26(31-27)33-24-11-23(30-17(3)21(24)13-29-33)22-12-28-8-7-25(22)36-5/h7-13,16,18-19H,14-15H2,1-6H3/t18-,19-/m1/s1. The predicted octanol–water partition coefficient (Wildman–Crippen LogP) is 3.85. The number of pyridine rings is 3. The molecule has 10 nitrogen and oxygen atoms in total. The second-order valence-electron chi connectivity index (χ2n) is 10.1. The third kappa shape index (κ3) is 5.02.